The predicted octanol–water partition coefficient (Wildman–Crippen LogP) is -0.697. The fourth-order valence-electron chi connectivity index (χ4n) is 1.59. The summed E-state index contributed by atoms with van der Waals surface area (Å²) in [5.74, 6) is 0. The summed E-state index contributed by atoms with van der Waals surface area (Å²) in [6.45, 7) is 1.33. The smallest absolute Gasteiger partial charge is 0.208 e. The van der Waals surface area contributed by atoms with Crippen molar-refractivity contribution in [1.29, 1.82) is 0 Å². The molecule has 84 valence electrons. The molecule has 1 aliphatic heterocycles. The van der Waals surface area contributed by atoms with Gasteiger partial charge in [-0.2, -0.15) is 0 Å². The highest BCUT2D eigenvalue weighted by Crippen LogP contribution is 2.10. The molecule has 1 rings (SSSR count). The van der Waals surface area contributed by atoms with E-state index in [1.165, 1.54) is 6.26 Å². The summed E-state index contributed by atoms with van der Waals surface area (Å²) in [6.07, 6.45) is 3.27. The number of methoxy groups -OCH3 is 1. The maximum absolute atomic E-state index is 10.9. The maximum Gasteiger partial charge on any atom is 0.208 e. The molecule has 0 spiro atoms. The molecule has 14 heavy (non-hydrogen) atoms. The van der Waals surface area contributed by atoms with E-state index in [1.807, 2.05) is 0 Å². The third-order valence-corrected chi connectivity index (χ3v) is 3.06. The van der Waals surface area contributed by atoms with Gasteiger partial charge in [0.15, 0.2) is 0 Å². The van der Waals surface area contributed by atoms with E-state index in [1.54, 1.807) is 7.11 Å². The first kappa shape index (κ1) is 11.9. The van der Waals surface area contributed by atoms with E-state index in [2.05, 4.69) is 10.0 Å². The number of sulfonamides is 1. The van der Waals surface area contributed by atoms with Crippen LogP contribution in [0.4, 0.5) is 0 Å². The lowest BCUT2D eigenvalue weighted by Gasteiger charge is -2.29. The average Bonchev–Trinajstić information content (AvgIpc) is 2.14. The molecule has 0 aromatic heterocycles. The number of ether oxygens (including phenoxy) is 1. The fraction of sp³-hybridized carbons (Fsp3) is 1.00. The molecule has 2 unspecified atom stereocenters. The van der Waals surface area contributed by atoms with Crippen LogP contribution in [0.3, 0.4) is 0 Å². The zero-order chi connectivity index (χ0) is 10.6. The summed E-state index contributed by atoms with van der Waals surface area (Å²) >= 11 is 0. The molecular formula is C8H18N2O3S. The largest absolute Gasteiger partial charge is 0.381 e. The molecule has 0 radical (unpaired) electrons. The summed E-state index contributed by atoms with van der Waals surface area (Å²) in [7, 11) is -1.39. The van der Waals surface area contributed by atoms with Gasteiger partial charge in [-0.05, 0) is 19.4 Å². The first-order valence-electron chi connectivity index (χ1n) is 4.72. The first-order valence-corrected chi connectivity index (χ1v) is 6.61. The van der Waals surface area contributed by atoms with Crippen molar-refractivity contribution >= 4 is 10.0 Å². The van der Waals surface area contributed by atoms with Crippen molar-refractivity contribution in [1.82, 2.24) is 10.0 Å². The molecule has 6 heteroatoms. The van der Waals surface area contributed by atoms with Crippen molar-refractivity contribution in [2.24, 2.45) is 0 Å². The Bertz CT molecular complexity index is 266. The number of piperidine rings is 1. The van der Waals surface area contributed by atoms with Crippen LogP contribution < -0.4 is 10.0 Å². The second-order valence-corrected chi connectivity index (χ2v) is 5.49. The fourth-order valence-corrected chi connectivity index (χ4v) is 2.09. The van der Waals surface area contributed by atoms with Crippen LogP contribution in [0.15, 0.2) is 0 Å². The van der Waals surface area contributed by atoms with Crippen LogP contribution in [0.5, 0.6) is 0 Å². The van der Waals surface area contributed by atoms with Gasteiger partial charge < -0.3 is 10.1 Å². The Hall–Kier alpha value is -0.170. The Labute approximate surface area is 85.3 Å². The molecule has 1 heterocycles. The lowest BCUT2D eigenvalue weighted by molar-refractivity contribution is 0.0628. The third-order valence-electron chi connectivity index (χ3n) is 2.37. The van der Waals surface area contributed by atoms with Gasteiger partial charge in [0, 0.05) is 19.7 Å². The highest BCUT2D eigenvalue weighted by atomic mass is 32.2. The van der Waals surface area contributed by atoms with Crippen LogP contribution in [-0.4, -0.2) is 47.0 Å². The minimum absolute atomic E-state index is 0.184. The predicted molar refractivity (Wildman–Crippen MR) is 54.7 cm³/mol. The van der Waals surface area contributed by atoms with Crippen molar-refractivity contribution in [2.45, 2.75) is 25.0 Å². The minimum Gasteiger partial charge on any atom is -0.381 e. The Morgan fingerprint density at radius 2 is 2.29 bits per heavy atom. The van der Waals surface area contributed by atoms with E-state index in [9.17, 15) is 8.42 Å². The van der Waals surface area contributed by atoms with Crippen molar-refractivity contribution in [3.63, 3.8) is 0 Å². The number of nitrogens with one attached hydrogen (secondary N) is 2. The average molecular weight is 222 g/mol. The van der Waals surface area contributed by atoms with Gasteiger partial charge in [0.2, 0.25) is 10.0 Å². The molecule has 0 aromatic rings. The van der Waals surface area contributed by atoms with Gasteiger partial charge in [-0.3, -0.25) is 0 Å². The van der Waals surface area contributed by atoms with E-state index >= 15 is 0 Å². The summed E-state index contributed by atoms with van der Waals surface area (Å²) in [5, 5.41) is 3.25. The molecule has 1 fully saturated rings. The Kier molecular flexibility index (Phi) is 4.31. The Morgan fingerprint density at radius 3 is 2.86 bits per heavy atom. The topological polar surface area (TPSA) is 67.4 Å². The first-order chi connectivity index (χ1) is 6.51. The molecule has 1 saturated heterocycles. The van der Waals surface area contributed by atoms with Crippen molar-refractivity contribution < 1.29 is 13.2 Å². The Balaban J connectivity index is 2.31. The monoisotopic (exact) mass is 222 g/mol. The van der Waals surface area contributed by atoms with E-state index in [0.29, 0.717) is 6.54 Å². The molecule has 0 bridgehead atoms. The zero-order valence-corrected chi connectivity index (χ0v) is 9.43. The summed E-state index contributed by atoms with van der Waals surface area (Å²) in [6, 6.07) is 0.184. The van der Waals surface area contributed by atoms with E-state index in [-0.39, 0.29) is 12.1 Å². The summed E-state index contributed by atoms with van der Waals surface area (Å²) in [4.78, 5) is 0. The van der Waals surface area contributed by atoms with Gasteiger partial charge in [-0.15, -0.1) is 0 Å². The second-order valence-electron chi connectivity index (χ2n) is 3.65. The number of hydrogen-bond donors (Lipinski definition) is 2. The lowest BCUT2D eigenvalue weighted by atomic mass is 10.0. The number of rotatable bonds is 4. The standard InChI is InChI=1S/C8H18N2O3S/c1-13-8-3-4-9-7(5-8)6-10-14(2,11)12/h7-10H,3-6H2,1-2H3. The molecule has 0 aromatic carbocycles. The van der Waals surface area contributed by atoms with Crippen LogP contribution in [0, 0.1) is 0 Å². The molecule has 0 amide bonds. The van der Waals surface area contributed by atoms with E-state index < -0.39 is 10.0 Å². The molecule has 5 nitrogen and oxygen atoms in total. The minimum atomic E-state index is -3.08. The van der Waals surface area contributed by atoms with Gasteiger partial charge in [0.1, 0.15) is 0 Å². The van der Waals surface area contributed by atoms with Crippen molar-refractivity contribution in [3.05, 3.63) is 0 Å². The van der Waals surface area contributed by atoms with Crippen LogP contribution >= 0.6 is 0 Å². The van der Waals surface area contributed by atoms with Gasteiger partial charge in [-0.1, -0.05) is 0 Å². The summed E-state index contributed by atoms with van der Waals surface area (Å²) < 4.78 is 29.4. The maximum atomic E-state index is 10.9. The highest BCUT2D eigenvalue weighted by Gasteiger charge is 2.21. The molecule has 2 N–H and O–H groups in total. The van der Waals surface area contributed by atoms with Gasteiger partial charge in [-0.25, -0.2) is 13.1 Å². The molecule has 0 aliphatic carbocycles. The molecule has 2 atom stereocenters. The lowest BCUT2D eigenvalue weighted by Crippen LogP contribution is -2.47. The van der Waals surface area contributed by atoms with Crippen LogP contribution in [-0.2, 0) is 14.8 Å². The van der Waals surface area contributed by atoms with Crippen LogP contribution in [0.2, 0.25) is 0 Å². The van der Waals surface area contributed by atoms with Crippen LogP contribution in [0.25, 0.3) is 0 Å². The third kappa shape index (κ3) is 4.36. The zero-order valence-electron chi connectivity index (χ0n) is 8.62. The molecule has 1 aliphatic rings. The van der Waals surface area contributed by atoms with Gasteiger partial charge in [0.25, 0.3) is 0 Å². The Morgan fingerprint density at radius 1 is 1.57 bits per heavy atom. The summed E-state index contributed by atoms with van der Waals surface area (Å²) in [5.41, 5.74) is 0. The van der Waals surface area contributed by atoms with Crippen molar-refractivity contribution in [2.75, 3.05) is 26.5 Å². The SMILES string of the molecule is COC1CCNC(CNS(C)(=O)=O)C1. The second kappa shape index (κ2) is 5.06. The van der Waals surface area contributed by atoms with Crippen LogP contribution in [0.1, 0.15) is 12.8 Å². The van der Waals surface area contributed by atoms with Crippen molar-refractivity contribution in [3.8, 4) is 0 Å². The highest BCUT2D eigenvalue weighted by molar-refractivity contribution is 7.88. The quantitative estimate of drug-likeness (QED) is 0.660. The molecular weight excluding hydrogens is 204 g/mol. The van der Waals surface area contributed by atoms with Gasteiger partial charge >= 0.3 is 0 Å². The van der Waals surface area contributed by atoms with E-state index in [4.69, 9.17) is 4.74 Å². The molecule has 0 saturated carbocycles. The van der Waals surface area contributed by atoms with Gasteiger partial charge in [0.05, 0.1) is 12.4 Å². The number of hydrogen-bond acceptors (Lipinski definition) is 4. The normalized spacial score (nSPS) is 29.0. The van der Waals surface area contributed by atoms with E-state index in [0.717, 1.165) is 19.4 Å².